The van der Waals surface area contributed by atoms with E-state index in [0.717, 1.165) is 89.1 Å². The molecule has 2 aromatic heterocycles. The van der Waals surface area contributed by atoms with Crippen LogP contribution in [0.3, 0.4) is 0 Å². The molecule has 0 fully saturated rings. The first kappa shape index (κ1) is 36.5. The normalized spacial score (nSPS) is 11.7. The Labute approximate surface area is 343 Å². The molecule has 0 atom stereocenters. The smallest absolute Gasteiger partial charge is 0.308 e. The number of aromatic nitrogens is 2. The van der Waals surface area contributed by atoms with E-state index in [-0.39, 0.29) is 5.56 Å². The lowest BCUT2D eigenvalue weighted by Crippen LogP contribution is -2.08. The van der Waals surface area contributed by atoms with Crippen molar-refractivity contribution in [3.05, 3.63) is 192 Å². The van der Waals surface area contributed by atoms with E-state index < -0.39 is 11.7 Å². The summed E-state index contributed by atoms with van der Waals surface area (Å²) < 4.78 is 47.0. The zero-order chi connectivity index (χ0) is 41.3. The Morgan fingerprint density at radius 1 is 0.450 bits per heavy atom. The first-order chi connectivity index (χ1) is 29.1. The van der Waals surface area contributed by atoms with Crippen LogP contribution in [0.1, 0.15) is 27.8 Å². The number of hydrogen-bond donors (Lipinski definition) is 0. The average molecular weight is 783 g/mol. The molecule has 2 heterocycles. The molecule has 0 saturated carbocycles. The molecule has 10 rings (SSSR count). The number of nitrogens with zero attached hydrogens (tertiary/aromatic N) is 4. The number of rotatable bonds is 5. The van der Waals surface area contributed by atoms with Gasteiger partial charge in [-0.05, 0) is 84.6 Å². The van der Waals surface area contributed by atoms with E-state index in [2.05, 4.69) is 106 Å². The molecule has 0 amide bonds. The van der Waals surface area contributed by atoms with Crippen LogP contribution in [0.4, 0.5) is 13.2 Å². The van der Waals surface area contributed by atoms with E-state index in [1.54, 1.807) is 12.1 Å². The molecule has 286 valence electrons. The first-order valence-corrected chi connectivity index (χ1v) is 19.5. The summed E-state index contributed by atoms with van der Waals surface area (Å²) in [5, 5.41) is 25.3. The van der Waals surface area contributed by atoms with Gasteiger partial charge >= 0.3 is 6.18 Å². The van der Waals surface area contributed by atoms with Crippen molar-refractivity contribution >= 4 is 43.6 Å². The van der Waals surface area contributed by atoms with Gasteiger partial charge in [0.15, 0.2) is 0 Å². The highest BCUT2D eigenvalue weighted by atomic mass is 19.4. The number of aryl methyl sites for hydroxylation is 2. The number of nitriles is 2. The zero-order valence-corrected chi connectivity index (χ0v) is 32.5. The highest BCUT2D eigenvalue weighted by Crippen LogP contribution is 2.45. The molecule has 8 aromatic carbocycles. The molecular formula is C53H33F3N4. The lowest BCUT2D eigenvalue weighted by atomic mass is 9.93. The Morgan fingerprint density at radius 2 is 0.900 bits per heavy atom. The van der Waals surface area contributed by atoms with Gasteiger partial charge in [-0.1, -0.05) is 126 Å². The summed E-state index contributed by atoms with van der Waals surface area (Å²) >= 11 is 0. The van der Waals surface area contributed by atoms with Gasteiger partial charge in [0, 0.05) is 32.7 Å². The second-order valence-electron chi connectivity index (χ2n) is 15.3. The lowest BCUT2D eigenvalue weighted by molar-refractivity contribution is -0.137. The van der Waals surface area contributed by atoms with Crippen molar-refractivity contribution in [3.63, 3.8) is 0 Å². The molecule has 0 saturated heterocycles. The van der Waals surface area contributed by atoms with E-state index in [0.29, 0.717) is 28.1 Å². The van der Waals surface area contributed by atoms with Gasteiger partial charge in [0.05, 0.1) is 62.3 Å². The maximum absolute atomic E-state index is 14.3. The Kier molecular flexibility index (Phi) is 8.45. The summed E-state index contributed by atoms with van der Waals surface area (Å²) in [6.45, 7) is 4.09. The third kappa shape index (κ3) is 5.91. The van der Waals surface area contributed by atoms with Gasteiger partial charge in [-0.15, -0.1) is 0 Å². The van der Waals surface area contributed by atoms with Crippen LogP contribution >= 0.6 is 0 Å². The number of hydrogen-bond acceptors (Lipinski definition) is 2. The van der Waals surface area contributed by atoms with Gasteiger partial charge in [0.1, 0.15) is 0 Å². The second-order valence-corrected chi connectivity index (χ2v) is 15.3. The van der Waals surface area contributed by atoms with E-state index >= 15 is 0 Å². The fourth-order valence-electron chi connectivity index (χ4n) is 8.65. The Balaban J connectivity index is 1.38. The average Bonchev–Trinajstić information content (AvgIpc) is 3.78. The Hall–Kier alpha value is -7.87. The van der Waals surface area contributed by atoms with Crippen molar-refractivity contribution in [2.45, 2.75) is 20.0 Å². The van der Waals surface area contributed by atoms with Crippen LogP contribution in [0.2, 0.25) is 0 Å². The maximum atomic E-state index is 14.3. The quantitative estimate of drug-likeness (QED) is 0.175. The molecule has 0 aliphatic heterocycles. The SMILES string of the molecule is Cc1ccc(-c2ccc3c4ccccc4n(-c4cc(C#N)cc(-n5c6ccccc6c6ccc(-c7ccc(C)cc7)cc65)c4-c4ccc(C(F)(F)F)cc4C#N)c3c2)cc1. The molecule has 0 bridgehead atoms. The number of halogens is 3. The summed E-state index contributed by atoms with van der Waals surface area (Å²) in [5.41, 5.74) is 10.8. The second kappa shape index (κ2) is 13.9. The minimum absolute atomic E-state index is 0.140. The van der Waals surface area contributed by atoms with Gasteiger partial charge in [-0.25, -0.2) is 0 Å². The Morgan fingerprint density at radius 3 is 1.35 bits per heavy atom. The predicted octanol–water partition coefficient (Wildman–Crippen LogP) is 14.3. The largest absolute Gasteiger partial charge is 0.416 e. The lowest BCUT2D eigenvalue weighted by Gasteiger charge is -2.22. The van der Waals surface area contributed by atoms with Gasteiger partial charge in [0.25, 0.3) is 0 Å². The molecule has 4 nitrogen and oxygen atoms in total. The molecule has 0 radical (unpaired) electrons. The van der Waals surface area contributed by atoms with Crippen LogP contribution in [0, 0.1) is 36.5 Å². The van der Waals surface area contributed by atoms with Crippen molar-refractivity contribution in [2.75, 3.05) is 0 Å². The highest BCUT2D eigenvalue weighted by Gasteiger charge is 2.32. The van der Waals surface area contributed by atoms with Crippen molar-refractivity contribution in [1.29, 1.82) is 10.5 Å². The summed E-state index contributed by atoms with van der Waals surface area (Å²) in [4.78, 5) is 0. The number of fused-ring (bicyclic) bond motifs is 6. The molecule has 0 N–H and O–H groups in total. The van der Waals surface area contributed by atoms with Crippen LogP contribution in [0.15, 0.2) is 164 Å². The van der Waals surface area contributed by atoms with Gasteiger partial charge in [0.2, 0.25) is 0 Å². The Bertz CT molecular complexity index is 3260. The molecular weight excluding hydrogens is 750 g/mol. The minimum Gasteiger partial charge on any atom is -0.308 e. The first-order valence-electron chi connectivity index (χ1n) is 19.5. The number of para-hydroxylation sites is 2. The van der Waals surface area contributed by atoms with E-state index in [9.17, 15) is 23.7 Å². The van der Waals surface area contributed by atoms with E-state index in [1.165, 1.54) is 6.07 Å². The molecule has 60 heavy (non-hydrogen) atoms. The topological polar surface area (TPSA) is 57.4 Å². The molecule has 0 spiro atoms. The highest BCUT2D eigenvalue weighted by molar-refractivity contribution is 6.13. The van der Waals surface area contributed by atoms with Crippen LogP contribution < -0.4 is 0 Å². The van der Waals surface area contributed by atoms with Crippen molar-refractivity contribution in [3.8, 4) is 56.9 Å². The maximum Gasteiger partial charge on any atom is 0.416 e. The van der Waals surface area contributed by atoms with Gasteiger partial charge < -0.3 is 9.13 Å². The molecule has 0 aliphatic carbocycles. The van der Waals surface area contributed by atoms with Crippen LogP contribution in [-0.4, -0.2) is 9.13 Å². The third-order valence-corrected chi connectivity index (χ3v) is 11.6. The minimum atomic E-state index is -4.67. The van der Waals surface area contributed by atoms with Crippen LogP contribution in [0.25, 0.3) is 88.4 Å². The summed E-state index contributed by atoms with van der Waals surface area (Å²) in [6, 6.07) is 56.6. The summed E-state index contributed by atoms with van der Waals surface area (Å²) in [6.07, 6.45) is -4.67. The van der Waals surface area contributed by atoms with Crippen molar-refractivity contribution < 1.29 is 13.2 Å². The standard InChI is InChI=1S/C53H33F3N4/c1-32-11-15-35(16-12-32)37-19-22-44-42-7-3-5-9-46(42)59(48(44)28-37)50-25-34(30-57)26-51(52(50)41-24-21-40(53(54,55)56)27-39(41)31-58)60-47-10-6-4-8-43(47)45-23-20-38(29-49(45)60)36-17-13-33(2)14-18-36/h3-29H,1-2H3. The fraction of sp³-hybridized carbons (Fsp3) is 0.0566. The number of benzene rings is 8. The van der Waals surface area contributed by atoms with Crippen molar-refractivity contribution in [2.24, 2.45) is 0 Å². The molecule has 7 heteroatoms. The molecule has 0 unspecified atom stereocenters. The molecule has 0 aliphatic rings. The monoisotopic (exact) mass is 782 g/mol. The fourth-order valence-corrected chi connectivity index (χ4v) is 8.65. The molecule has 10 aromatic rings. The summed E-state index contributed by atoms with van der Waals surface area (Å²) in [5.74, 6) is 0. The predicted molar refractivity (Wildman–Crippen MR) is 235 cm³/mol. The number of alkyl halides is 3. The third-order valence-electron chi connectivity index (χ3n) is 11.6. The van der Waals surface area contributed by atoms with Crippen LogP contribution in [0.5, 0.6) is 0 Å². The van der Waals surface area contributed by atoms with E-state index in [1.807, 2.05) is 62.4 Å². The van der Waals surface area contributed by atoms with Gasteiger partial charge in [-0.2, -0.15) is 23.7 Å². The van der Waals surface area contributed by atoms with Gasteiger partial charge in [-0.3, -0.25) is 0 Å². The summed E-state index contributed by atoms with van der Waals surface area (Å²) in [7, 11) is 0. The zero-order valence-electron chi connectivity index (χ0n) is 32.5. The van der Waals surface area contributed by atoms with Crippen molar-refractivity contribution in [1.82, 2.24) is 9.13 Å². The van der Waals surface area contributed by atoms with E-state index in [4.69, 9.17) is 0 Å². The van der Waals surface area contributed by atoms with Crippen LogP contribution in [-0.2, 0) is 6.18 Å².